The van der Waals surface area contributed by atoms with Gasteiger partial charge in [-0.2, -0.15) is 0 Å². The third kappa shape index (κ3) is 5.49. The van der Waals surface area contributed by atoms with Gasteiger partial charge in [-0.3, -0.25) is 9.59 Å². The summed E-state index contributed by atoms with van der Waals surface area (Å²) < 4.78 is 0. The van der Waals surface area contributed by atoms with Gasteiger partial charge in [-0.25, -0.2) is 0 Å². The summed E-state index contributed by atoms with van der Waals surface area (Å²) in [4.78, 5) is 22.8. The molecule has 5 heteroatoms. The fourth-order valence-electron chi connectivity index (χ4n) is 1.71. The van der Waals surface area contributed by atoms with Crippen molar-refractivity contribution in [2.24, 2.45) is 5.41 Å². The molecule has 0 unspecified atom stereocenters. The van der Waals surface area contributed by atoms with Crippen LogP contribution < -0.4 is 10.6 Å². The lowest BCUT2D eigenvalue weighted by Crippen LogP contribution is -2.43. The van der Waals surface area contributed by atoms with Gasteiger partial charge in [0.1, 0.15) is 0 Å². The second kappa shape index (κ2) is 8.08. The van der Waals surface area contributed by atoms with Crippen LogP contribution in [0.4, 0.5) is 0 Å². The van der Waals surface area contributed by atoms with Crippen LogP contribution >= 0.6 is 0 Å². The van der Waals surface area contributed by atoms with Crippen molar-refractivity contribution in [3.8, 4) is 0 Å². The third-order valence-electron chi connectivity index (χ3n) is 3.34. The highest BCUT2D eigenvalue weighted by Gasteiger charge is 2.34. The highest BCUT2D eigenvalue weighted by Crippen LogP contribution is 2.25. The minimum atomic E-state index is -0.840. The number of carboxylic acids is 1. The molecule has 3 N–H and O–H groups in total. The maximum atomic E-state index is 11.6. The number of hydrogen-bond donors (Lipinski definition) is 3. The van der Waals surface area contributed by atoms with Crippen LogP contribution in [0.25, 0.3) is 0 Å². The maximum absolute atomic E-state index is 11.6. The van der Waals surface area contributed by atoms with Crippen LogP contribution in [-0.4, -0.2) is 36.1 Å². The van der Waals surface area contributed by atoms with E-state index in [1.54, 1.807) is 0 Å². The van der Waals surface area contributed by atoms with Crippen molar-refractivity contribution in [1.82, 2.24) is 10.6 Å². The van der Waals surface area contributed by atoms with Gasteiger partial charge in [0.25, 0.3) is 0 Å². The van der Waals surface area contributed by atoms with Crippen molar-refractivity contribution in [2.75, 3.05) is 13.1 Å². The molecule has 0 aromatic carbocycles. The zero-order valence-corrected chi connectivity index (χ0v) is 11.9. The van der Waals surface area contributed by atoms with Gasteiger partial charge >= 0.3 is 5.97 Å². The third-order valence-corrected chi connectivity index (χ3v) is 3.34. The summed E-state index contributed by atoms with van der Waals surface area (Å²) in [6, 6.07) is 0.349. The summed E-state index contributed by atoms with van der Waals surface area (Å²) in [6.07, 6.45) is 1.41. The summed E-state index contributed by atoms with van der Waals surface area (Å²) >= 11 is 0. The molecule has 0 aromatic rings. The number of carbonyl (C=O) groups is 2. The Hall–Kier alpha value is -1.10. The summed E-state index contributed by atoms with van der Waals surface area (Å²) in [6.45, 7) is 8.52. The average molecular weight is 258 g/mol. The molecule has 0 atom stereocenters. The molecule has 0 aliphatic rings. The number of hydrogen-bond acceptors (Lipinski definition) is 3. The van der Waals surface area contributed by atoms with Crippen LogP contribution in [0.3, 0.4) is 0 Å². The van der Waals surface area contributed by atoms with Gasteiger partial charge in [0.05, 0.1) is 5.41 Å². The number of carboxylic acid groups (broad SMARTS) is 1. The Balaban J connectivity index is 4.12. The molecule has 0 aliphatic heterocycles. The number of nitrogens with one attached hydrogen (secondary N) is 2. The molecule has 0 spiro atoms. The van der Waals surface area contributed by atoms with E-state index in [2.05, 4.69) is 10.6 Å². The van der Waals surface area contributed by atoms with E-state index >= 15 is 0 Å². The smallest absolute Gasteiger partial charge is 0.311 e. The van der Waals surface area contributed by atoms with Gasteiger partial charge in [-0.05, 0) is 12.8 Å². The zero-order chi connectivity index (χ0) is 14.2. The minimum absolute atomic E-state index is 0.101. The molecule has 0 heterocycles. The second-order valence-corrected chi connectivity index (χ2v) is 4.93. The summed E-state index contributed by atoms with van der Waals surface area (Å²) in [5.41, 5.74) is -0.832. The Morgan fingerprint density at radius 3 is 2.17 bits per heavy atom. The number of carbonyl (C=O) groups excluding carboxylic acids is 1. The molecule has 5 nitrogen and oxygen atoms in total. The molecular formula is C13H26N2O3. The van der Waals surface area contributed by atoms with Gasteiger partial charge in [-0.1, -0.05) is 27.7 Å². The van der Waals surface area contributed by atoms with E-state index in [1.807, 2.05) is 27.7 Å². The van der Waals surface area contributed by atoms with Crippen LogP contribution in [-0.2, 0) is 9.59 Å². The van der Waals surface area contributed by atoms with E-state index in [1.165, 1.54) is 0 Å². The van der Waals surface area contributed by atoms with E-state index in [4.69, 9.17) is 0 Å². The molecule has 0 fully saturated rings. The molecule has 106 valence electrons. The molecular weight excluding hydrogens is 232 g/mol. The summed E-state index contributed by atoms with van der Waals surface area (Å²) in [5, 5.41) is 15.1. The summed E-state index contributed by atoms with van der Waals surface area (Å²) in [5.74, 6) is -0.941. The molecule has 0 saturated carbocycles. The molecule has 18 heavy (non-hydrogen) atoms. The monoisotopic (exact) mass is 258 g/mol. The number of aliphatic carboxylic acids is 1. The van der Waals surface area contributed by atoms with Gasteiger partial charge < -0.3 is 15.7 Å². The molecule has 0 aromatic heterocycles. The Kier molecular flexibility index (Phi) is 7.59. The predicted molar refractivity (Wildman–Crippen MR) is 71.4 cm³/mol. The van der Waals surface area contributed by atoms with Crippen molar-refractivity contribution in [3.63, 3.8) is 0 Å². The Labute approximate surface area is 109 Å². The first-order valence-electron chi connectivity index (χ1n) is 6.61. The largest absolute Gasteiger partial charge is 0.481 e. The lowest BCUT2D eigenvalue weighted by molar-refractivity contribution is -0.149. The Morgan fingerprint density at radius 1 is 1.22 bits per heavy atom. The Bertz CT molecular complexity index is 273. The maximum Gasteiger partial charge on any atom is 0.311 e. The number of amides is 1. The first kappa shape index (κ1) is 16.9. The fraction of sp³-hybridized carbons (Fsp3) is 0.846. The SMILES string of the molecule is CCC(CC)(CNC(=O)CCNC(C)C)C(=O)O. The second-order valence-electron chi connectivity index (χ2n) is 4.93. The minimum Gasteiger partial charge on any atom is -0.481 e. The fourth-order valence-corrected chi connectivity index (χ4v) is 1.71. The number of rotatable bonds is 9. The van der Waals surface area contributed by atoms with Crippen LogP contribution in [0.15, 0.2) is 0 Å². The van der Waals surface area contributed by atoms with Crippen molar-refractivity contribution in [1.29, 1.82) is 0 Å². The lowest BCUT2D eigenvalue weighted by Gasteiger charge is -2.26. The van der Waals surface area contributed by atoms with Crippen LogP contribution in [0.5, 0.6) is 0 Å². The molecule has 0 rings (SSSR count). The molecule has 0 bridgehead atoms. The van der Waals surface area contributed by atoms with E-state index in [-0.39, 0.29) is 12.5 Å². The van der Waals surface area contributed by atoms with Crippen LogP contribution in [0.2, 0.25) is 0 Å². The van der Waals surface area contributed by atoms with E-state index < -0.39 is 11.4 Å². The van der Waals surface area contributed by atoms with Gasteiger partial charge in [0.2, 0.25) is 5.91 Å². The first-order valence-corrected chi connectivity index (χ1v) is 6.61. The normalized spacial score (nSPS) is 11.6. The topological polar surface area (TPSA) is 78.4 Å². The van der Waals surface area contributed by atoms with Crippen molar-refractivity contribution >= 4 is 11.9 Å². The molecule has 0 aliphatic carbocycles. The van der Waals surface area contributed by atoms with E-state index in [0.717, 1.165) is 0 Å². The average Bonchev–Trinajstić information content (AvgIpc) is 2.30. The standard InChI is InChI=1S/C13H26N2O3/c1-5-13(6-2,12(17)18)9-15-11(16)7-8-14-10(3)4/h10,14H,5-9H2,1-4H3,(H,15,16)(H,17,18). The quantitative estimate of drug-likeness (QED) is 0.584. The highest BCUT2D eigenvalue weighted by atomic mass is 16.4. The zero-order valence-electron chi connectivity index (χ0n) is 11.9. The lowest BCUT2D eigenvalue weighted by atomic mass is 9.82. The van der Waals surface area contributed by atoms with Gasteiger partial charge in [0, 0.05) is 25.6 Å². The highest BCUT2D eigenvalue weighted by molar-refractivity contribution is 5.79. The Morgan fingerprint density at radius 2 is 1.78 bits per heavy atom. The van der Waals surface area contributed by atoms with Crippen LogP contribution in [0.1, 0.15) is 47.0 Å². The van der Waals surface area contributed by atoms with E-state index in [0.29, 0.717) is 31.8 Å². The predicted octanol–water partition coefficient (Wildman–Crippen LogP) is 1.38. The van der Waals surface area contributed by atoms with Crippen molar-refractivity contribution < 1.29 is 14.7 Å². The summed E-state index contributed by atoms with van der Waals surface area (Å²) in [7, 11) is 0. The first-order chi connectivity index (χ1) is 8.38. The van der Waals surface area contributed by atoms with Gasteiger partial charge in [0.15, 0.2) is 0 Å². The van der Waals surface area contributed by atoms with Crippen molar-refractivity contribution in [2.45, 2.75) is 53.0 Å². The van der Waals surface area contributed by atoms with Gasteiger partial charge in [-0.15, -0.1) is 0 Å². The molecule has 1 amide bonds. The molecule has 0 saturated heterocycles. The molecule has 0 radical (unpaired) electrons. The van der Waals surface area contributed by atoms with E-state index in [9.17, 15) is 14.7 Å². The van der Waals surface area contributed by atoms with Crippen LogP contribution in [0, 0.1) is 5.41 Å². The van der Waals surface area contributed by atoms with Crippen molar-refractivity contribution in [3.05, 3.63) is 0 Å².